The maximum atomic E-state index is 12.8. The summed E-state index contributed by atoms with van der Waals surface area (Å²) in [6, 6.07) is 26.6. The van der Waals surface area contributed by atoms with E-state index in [0.29, 0.717) is 41.2 Å². The van der Waals surface area contributed by atoms with Crippen LogP contribution in [0.25, 0.3) is 11.3 Å². The minimum atomic E-state index is -0.198. The van der Waals surface area contributed by atoms with Gasteiger partial charge in [0, 0.05) is 28.6 Å². The van der Waals surface area contributed by atoms with Crippen molar-refractivity contribution in [1.82, 2.24) is 9.97 Å². The summed E-state index contributed by atoms with van der Waals surface area (Å²) >= 11 is 0. The lowest BCUT2D eigenvalue weighted by Gasteiger charge is -2.12. The number of benzene rings is 3. The Kier molecular flexibility index (Phi) is 7.18. The van der Waals surface area contributed by atoms with Crippen molar-refractivity contribution in [1.29, 1.82) is 0 Å². The van der Waals surface area contributed by atoms with E-state index in [4.69, 9.17) is 4.74 Å². The van der Waals surface area contributed by atoms with Crippen molar-refractivity contribution >= 4 is 23.1 Å². The molecule has 34 heavy (non-hydrogen) atoms. The molecule has 0 radical (unpaired) electrons. The number of carbonyl (C=O) groups is 1. The number of amides is 1. The van der Waals surface area contributed by atoms with Gasteiger partial charge in [-0.3, -0.25) is 4.79 Å². The molecule has 0 atom stereocenters. The fourth-order valence-corrected chi connectivity index (χ4v) is 3.40. The van der Waals surface area contributed by atoms with Crippen LogP contribution in [0.3, 0.4) is 0 Å². The van der Waals surface area contributed by atoms with Crippen LogP contribution in [0, 0.1) is 12.8 Å². The zero-order valence-electron chi connectivity index (χ0n) is 19.6. The lowest BCUT2D eigenvalue weighted by atomic mass is 10.1. The lowest BCUT2D eigenvalue weighted by molar-refractivity contribution is 0.102. The standard InChI is InChI=1S/C28H28N4O2/c1-19(2)18-34-25-14-7-11-22(15-25)28(33)32-24-13-8-12-23(16-24)31-27-17-26(29-20(3)30-27)21-9-5-4-6-10-21/h4-17,19H,18H2,1-3H3,(H,32,33)(H,29,30,31). The van der Waals surface area contributed by atoms with Crippen LogP contribution < -0.4 is 15.4 Å². The molecule has 0 aliphatic carbocycles. The summed E-state index contributed by atoms with van der Waals surface area (Å²) in [5, 5.41) is 6.28. The first-order chi connectivity index (χ1) is 16.5. The Morgan fingerprint density at radius 1 is 0.882 bits per heavy atom. The highest BCUT2D eigenvalue weighted by molar-refractivity contribution is 6.04. The number of hydrogen-bond acceptors (Lipinski definition) is 5. The molecule has 4 rings (SSSR count). The van der Waals surface area contributed by atoms with Gasteiger partial charge in [-0.25, -0.2) is 9.97 Å². The Hall–Kier alpha value is -4.19. The van der Waals surface area contributed by atoms with E-state index in [9.17, 15) is 4.79 Å². The van der Waals surface area contributed by atoms with Gasteiger partial charge in [0.15, 0.2) is 0 Å². The predicted octanol–water partition coefficient (Wildman–Crippen LogP) is 6.48. The topological polar surface area (TPSA) is 76.1 Å². The summed E-state index contributed by atoms with van der Waals surface area (Å²) in [7, 11) is 0. The second kappa shape index (κ2) is 10.6. The van der Waals surface area contributed by atoms with E-state index in [1.165, 1.54) is 0 Å². The Labute approximate surface area is 200 Å². The quantitative estimate of drug-likeness (QED) is 0.320. The third kappa shape index (κ3) is 6.19. The molecule has 0 aliphatic heterocycles. The van der Waals surface area contributed by atoms with E-state index in [2.05, 4.69) is 34.4 Å². The number of aryl methyl sites for hydroxylation is 1. The number of nitrogens with one attached hydrogen (secondary N) is 2. The molecule has 172 valence electrons. The minimum Gasteiger partial charge on any atom is -0.493 e. The van der Waals surface area contributed by atoms with Gasteiger partial charge in [0.25, 0.3) is 5.91 Å². The van der Waals surface area contributed by atoms with Crippen molar-refractivity contribution in [2.45, 2.75) is 20.8 Å². The van der Waals surface area contributed by atoms with E-state index < -0.39 is 0 Å². The van der Waals surface area contributed by atoms with E-state index >= 15 is 0 Å². The molecule has 0 spiro atoms. The third-order valence-corrected chi connectivity index (χ3v) is 4.98. The minimum absolute atomic E-state index is 0.198. The second-order valence-electron chi connectivity index (χ2n) is 8.44. The van der Waals surface area contributed by atoms with E-state index in [0.717, 1.165) is 16.9 Å². The predicted molar refractivity (Wildman–Crippen MR) is 137 cm³/mol. The monoisotopic (exact) mass is 452 g/mol. The molecule has 2 N–H and O–H groups in total. The first-order valence-corrected chi connectivity index (χ1v) is 11.3. The number of nitrogens with zero attached hydrogens (tertiary/aromatic N) is 2. The van der Waals surface area contributed by atoms with Crippen LogP contribution in [0.1, 0.15) is 30.0 Å². The van der Waals surface area contributed by atoms with Crippen LogP contribution in [0.4, 0.5) is 17.2 Å². The molecule has 1 aromatic heterocycles. The van der Waals surface area contributed by atoms with Gasteiger partial charge in [0.1, 0.15) is 17.4 Å². The Morgan fingerprint density at radius 2 is 1.65 bits per heavy atom. The summed E-state index contributed by atoms with van der Waals surface area (Å²) < 4.78 is 5.74. The molecule has 0 bridgehead atoms. The van der Waals surface area contributed by atoms with Gasteiger partial charge in [-0.1, -0.05) is 56.3 Å². The largest absolute Gasteiger partial charge is 0.493 e. The normalized spacial score (nSPS) is 10.7. The van der Waals surface area contributed by atoms with Gasteiger partial charge < -0.3 is 15.4 Å². The van der Waals surface area contributed by atoms with E-state index in [-0.39, 0.29) is 5.91 Å². The molecule has 6 heteroatoms. The van der Waals surface area contributed by atoms with Gasteiger partial charge in [-0.2, -0.15) is 0 Å². The summed E-state index contributed by atoms with van der Waals surface area (Å²) in [6.45, 7) is 6.65. The molecule has 0 saturated heterocycles. The molecule has 1 heterocycles. The van der Waals surface area contributed by atoms with Crippen LogP contribution in [-0.2, 0) is 0 Å². The van der Waals surface area contributed by atoms with Crippen LogP contribution in [-0.4, -0.2) is 22.5 Å². The summed E-state index contributed by atoms with van der Waals surface area (Å²) in [4.78, 5) is 21.9. The van der Waals surface area contributed by atoms with Gasteiger partial charge >= 0.3 is 0 Å². The Bertz CT molecular complexity index is 1270. The molecule has 0 saturated carbocycles. The zero-order chi connectivity index (χ0) is 23.9. The fraction of sp³-hybridized carbons (Fsp3) is 0.179. The van der Waals surface area contributed by atoms with Crippen molar-refractivity contribution < 1.29 is 9.53 Å². The molecule has 1 amide bonds. The Balaban J connectivity index is 1.47. The molecular weight excluding hydrogens is 424 g/mol. The van der Waals surface area contributed by atoms with Crippen molar-refractivity contribution in [2.75, 3.05) is 17.2 Å². The van der Waals surface area contributed by atoms with Gasteiger partial charge in [-0.15, -0.1) is 0 Å². The van der Waals surface area contributed by atoms with Crippen LogP contribution in [0.15, 0.2) is 84.9 Å². The lowest BCUT2D eigenvalue weighted by Crippen LogP contribution is -2.12. The van der Waals surface area contributed by atoms with Gasteiger partial charge in [-0.05, 0) is 49.2 Å². The van der Waals surface area contributed by atoms with Gasteiger partial charge in [0.2, 0.25) is 0 Å². The number of rotatable bonds is 8. The summed E-state index contributed by atoms with van der Waals surface area (Å²) in [5.74, 6) is 2.26. The third-order valence-electron chi connectivity index (χ3n) is 4.98. The fourth-order valence-electron chi connectivity index (χ4n) is 3.40. The summed E-state index contributed by atoms with van der Waals surface area (Å²) in [6.07, 6.45) is 0. The second-order valence-corrected chi connectivity index (χ2v) is 8.44. The highest BCUT2D eigenvalue weighted by Crippen LogP contribution is 2.24. The smallest absolute Gasteiger partial charge is 0.255 e. The Morgan fingerprint density at radius 3 is 2.44 bits per heavy atom. The van der Waals surface area contributed by atoms with E-state index in [1.54, 1.807) is 12.1 Å². The first-order valence-electron chi connectivity index (χ1n) is 11.3. The molecular formula is C28H28N4O2. The van der Waals surface area contributed by atoms with Crippen molar-refractivity contribution in [2.24, 2.45) is 5.92 Å². The highest BCUT2D eigenvalue weighted by Gasteiger charge is 2.09. The molecule has 0 aliphatic rings. The maximum absolute atomic E-state index is 12.8. The number of aromatic nitrogens is 2. The first kappa shape index (κ1) is 23.0. The SMILES string of the molecule is Cc1nc(Nc2cccc(NC(=O)c3cccc(OCC(C)C)c3)c2)cc(-c2ccccc2)n1. The van der Waals surface area contributed by atoms with E-state index in [1.807, 2.05) is 79.7 Å². The van der Waals surface area contributed by atoms with Crippen LogP contribution in [0.5, 0.6) is 5.75 Å². The molecule has 0 fully saturated rings. The molecule has 0 unspecified atom stereocenters. The molecule has 6 nitrogen and oxygen atoms in total. The van der Waals surface area contributed by atoms with Gasteiger partial charge in [0.05, 0.1) is 12.3 Å². The maximum Gasteiger partial charge on any atom is 0.255 e. The number of carbonyl (C=O) groups excluding carboxylic acids is 1. The average Bonchev–Trinajstić information content (AvgIpc) is 2.83. The summed E-state index contributed by atoms with van der Waals surface area (Å²) in [5.41, 5.74) is 3.90. The van der Waals surface area contributed by atoms with Crippen LogP contribution >= 0.6 is 0 Å². The number of anilines is 3. The number of ether oxygens (including phenoxy) is 1. The van der Waals surface area contributed by atoms with Crippen molar-refractivity contribution in [3.8, 4) is 17.0 Å². The van der Waals surface area contributed by atoms with Crippen LogP contribution in [0.2, 0.25) is 0 Å². The van der Waals surface area contributed by atoms with Crippen molar-refractivity contribution in [3.05, 3.63) is 96.3 Å². The zero-order valence-corrected chi connectivity index (χ0v) is 19.6. The number of hydrogen-bond donors (Lipinski definition) is 2. The van der Waals surface area contributed by atoms with Crippen molar-refractivity contribution in [3.63, 3.8) is 0 Å². The molecule has 4 aromatic rings. The highest BCUT2D eigenvalue weighted by atomic mass is 16.5. The molecule has 3 aromatic carbocycles. The average molecular weight is 453 g/mol.